The Balaban J connectivity index is 1.74. The fraction of sp³-hybridized carbons (Fsp3) is 0.200. The van der Waals surface area contributed by atoms with E-state index in [1.54, 1.807) is 38.1 Å². The third-order valence-electron chi connectivity index (χ3n) is 4.01. The average molecular weight is 406 g/mol. The molecule has 0 saturated carbocycles. The minimum Gasteiger partial charge on any atom is -0.488 e. The number of aromatic nitrogens is 1. The highest BCUT2D eigenvalue weighted by Gasteiger charge is 2.31. The first-order chi connectivity index (χ1) is 13.7. The summed E-state index contributed by atoms with van der Waals surface area (Å²) in [5, 5.41) is 6.39. The smallest absolute Gasteiger partial charge is 0.488 e. The van der Waals surface area contributed by atoms with Gasteiger partial charge in [0.1, 0.15) is 23.9 Å². The lowest BCUT2D eigenvalue weighted by Crippen LogP contribution is -2.17. The van der Waals surface area contributed by atoms with E-state index in [-0.39, 0.29) is 17.9 Å². The van der Waals surface area contributed by atoms with Gasteiger partial charge in [0.05, 0.1) is 16.8 Å². The number of hydrogen-bond acceptors (Lipinski definition) is 5. The quantitative estimate of drug-likeness (QED) is 0.622. The van der Waals surface area contributed by atoms with Crippen LogP contribution in [0.1, 0.15) is 27.4 Å². The number of alkyl halides is 3. The average Bonchev–Trinajstić information content (AvgIpc) is 2.97. The third kappa shape index (κ3) is 5.28. The van der Waals surface area contributed by atoms with Crippen LogP contribution >= 0.6 is 0 Å². The second-order valence-electron chi connectivity index (χ2n) is 6.12. The van der Waals surface area contributed by atoms with Crippen molar-refractivity contribution >= 4 is 11.6 Å². The van der Waals surface area contributed by atoms with Gasteiger partial charge in [0, 0.05) is 11.8 Å². The minimum atomic E-state index is -4.82. The van der Waals surface area contributed by atoms with Crippen LogP contribution in [0.3, 0.4) is 0 Å². The van der Waals surface area contributed by atoms with Gasteiger partial charge >= 0.3 is 6.36 Å². The van der Waals surface area contributed by atoms with Crippen molar-refractivity contribution in [2.24, 2.45) is 0 Å². The summed E-state index contributed by atoms with van der Waals surface area (Å²) in [6, 6.07) is 11.6. The summed E-state index contributed by atoms with van der Waals surface area (Å²) in [7, 11) is 0. The summed E-state index contributed by atoms with van der Waals surface area (Å²) in [6.45, 7) is 3.69. The maximum Gasteiger partial charge on any atom is 0.573 e. The summed E-state index contributed by atoms with van der Waals surface area (Å²) in [4.78, 5) is 12.6. The van der Waals surface area contributed by atoms with Crippen molar-refractivity contribution in [3.63, 3.8) is 0 Å². The zero-order valence-electron chi connectivity index (χ0n) is 15.5. The molecule has 6 nitrogen and oxygen atoms in total. The van der Waals surface area contributed by atoms with Gasteiger partial charge in [-0.2, -0.15) is 0 Å². The largest absolute Gasteiger partial charge is 0.573 e. The number of nitrogens with one attached hydrogen (secondary N) is 1. The van der Waals surface area contributed by atoms with Gasteiger partial charge in [-0.3, -0.25) is 4.79 Å². The highest BCUT2D eigenvalue weighted by atomic mass is 19.4. The van der Waals surface area contributed by atoms with Crippen LogP contribution in [0.5, 0.6) is 11.5 Å². The van der Waals surface area contributed by atoms with E-state index in [0.717, 1.165) is 17.7 Å². The number of amides is 1. The molecule has 0 bridgehead atoms. The van der Waals surface area contributed by atoms with Crippen molar-refractivity contribution in [1.29, 1.82) is 0 Å². The first-order valence-corrected chi connectivity index (χ1v) is 8.53. The molecule has 0 radical (unpaired) electrons. The van der Waals surface area contributed by atoms with E-state index >= 15 is 0 Å². The lowest BCUT2D eigenvalue weighted by Gasteiger charge is -2.13. The number of benzene rings is 2. The zero-order chi connectivity index (χ0) is 21.0. The Hall–Kier alpha value is -3.49. The predicted molar refractivity (Wildman–Crippen MR) is 97.8 cm³/mol. The van der Waals surface area contributed by atoms with Gasteiger partial charge in [-0.25, -0.2) is 0 Å². The second-order valence-corrected chi connectivity index (χ2v) is 6.12. The number of anilines is 1. The lowest BCUT2D eigenvalue weighted by molar-refractivity contribution is -0.274. The second kappa shape index (κ2) is 8.26. The maximum absolute atomic E-state index is 12.6. The molecule has 1 N–H and O–H groups in total. The number of para-hydroxylation sites is 1. The number of carbonyl (C=O) groups is 1. The van der Waals surface area contributed by atoms with Crippen molar-refractivity contribution < 1.29 is 32.0 Å². The Morgan fingerprint density at radius 3 is 2.59 bits per heavy atom. The van der Waals surface area contributed by atoms with Crippen LogP contribution in [-0.4, -0.2) is 17.4 Å². The number of ether oxygens (including phenoxy) is 2. The fourth-order valence-corrected chi connectivity index (χ4v) is 2.61. The number of hydrogen-bond donors (Lipinski definition) is 1. The molecule has 0 saturated heterocycles. The van der Waals surface area contributed by atoms with Crippen molar-refractivity contribution in [3.8, 4) is 11.5 Å². The highest BCUT2D eigenvalue weighted by Crippen LogP contribution is 2.26. The summed E-state index contributed by atoms with van der Waals surface area (Å²) in [5.74, 6) is -0.0413. The van der Waals surface area contributed by atoms with Gasteiger partial charge in [0.2, 0.25) is 0 Å². The Labute approximate surface area is 164 Å². The van der Waals surface area contributed by atoms with E-state index in [1.807, 2.05) is 0 Å². The van der Waals surface area contributed by atoms with Crippen LogP contribution in [-0.2, 0) is 6.61 Å². The number of nitrogens with zero attached hydrogens (tertiary/aromatic N) is 1. The molecule has 0 spiro atoms. The van der Waals surface area contributed by atoms with Crippen LogP contribution in [0.2, 0.25) is 0 Å². The van der Waals surface area contributed by atoms with Crippen LogP contribution in [0.4, 0.5) is 18.9 Å². The number of aryl methyl sites for hydroxylation is 2. The molecule has 0 aliphatic heterocycles. The summed E-state index contributed by atoms with van der Waals surface area (Å²) < 4.78 is 51.8. The molecule has 1 amide bonds. The molecule has 3 aromatic rings. The van der Waals surface area contributed by atoms with Crippen molar-refractivity contribution in [2.45, 2.75) is 26.8 Å². The summed E-state index contributed by atoms with van der Waals surface area (Å²) in [5.41, 5.74) is 1.84. The number of carbonyl (C=O) groups excluding carboxylic acids is 1. The van der Waals surface area contributed by atoms with Gasteiger partial charge in [-0.15, -0.1) is 13.2 Å². The van der Waals surface area contributed by atoms with Crippen LogP contribution in [0.15, 0.2) is 53.1 Å². The normalized spacial score (nSPS) is 11.2. The predicted octanol–water partition coefficient (Wildman–Crippen LogP) is 5.02. The molecule has 0 fully saturated rings. The van der Waals surface area contributed by atoms with Crippen molar-refractivity contribution in [1.82, 2.24) is 5.16 Å². The Kier molecular flexibility index (Phi) is 5.76. The van der Waals surface area contributed by atoms with E-state index in [9.17, 15) is 18.0 Å². The van der Waals surface area contributed by atoms with E-state index in [1.165, 1.54) is 12.1 Å². The van der Waals surface area contributed by atoms with Crippen LogP contribution < -0.4 is 14.8 Å². The summed E-state index contributed by atoms with van der Waals surface area (Å²) >= 11 is 0. The minimum absolute atomic E-state index is 0.150. The van der Waals surface area contributed by atoms with Gasteiger partial charge < -0.3 is 19.3 Å². The molecule has 1 heterocycles. The first-order valence-electron chi connectivity index (χ1n) is 8.53. The van der Waals surface area contributed by atoms with E-state index < -0.39 is 18.0 Å². The maximum atomic E-state index is 12.6. The monoisotopic (exact) mass is 406 g/mol. The van der Waals surface area contributed by atoms with E-state index in [4.69, 9.17) is 9.26 Å². The molecule has 0 unspecified atom stereocenters. The van der Waals surface area contributed by atoms with Gasteiger partial charge in [0.15, 0.2) is 0 Å². The molecule has 0 aliphatic carbocycles. The summed E-state index contributed by atoms with van der Waals surface area (Å²) in [6.07, 6.45) is -4.82. The van der Waals surface area contributed by atoms with Crippen molar-refractivity contribution in [3.05, 3.63) is 71.1 Å². The van der Waals surface area contributed by atoms with E-state index in [0.29, 0.717) is 17.2 Å². The molecule has 2 aromatic carbocycles. The Morgan fingerprint density at radius 2 is 1.90 bits per heavy atom. The fourth-order valence-electron chi connectivity index (χ4n) is 2.61. The van der Waals surface area contributed by atoms with Crippen LogP contribution in [0, 0.1) is 13.8 Å². The number of halogens is 3. The molecule has 152 valence electrons. The van der Waals surface area contributed by atoms with Gasteiger partial charge in [-0.1, -0.05) is 23.4 Å². The lowest BCUT2D eigenvalue weighted by atomic mass is 10.1. The highest BCUT2D eigenvalue weighted by molar-refractivity contribution is 6.06. The van der Waals surface area contributed by atoms with Gasteiger partial charge in [0.25, 0.3) is 5.91 Å². The van der Waals surface area contributed by atoms with Gasteiger partial charge in [-0.05, 0) is 38.1 Å². The molecule has 0 aliphatic rings. The SMILES string of the molecule is Cc1noc(C)c1COc1ccccc1C(=O)Nc1cccc(OC(F)(F)F)c1. The van der Waals surface area contributed by atoms with Crippen molar-refractivity contribution in [2.75, 3.05) is 5.32 Å². The molecular formula is C20H17F3N2O4. The number of rotatable bonds is 6. The molecule has 9 heteroatoms. The zero-order valence-corrected chi connectivity index (χ0v) is 15.5. The Bertz CT molecular complexity index is 995. The first kappa shape index (κ1) is 20.2. The standard InChI is InChI=1S/C20H17F3N2O4/c1-12-17(13(2)29-25-12)11-27-18-9-4-3-8-16(18)19(26)24-14-6-5-7-15(10-14)28-20(21,22)23/h3-10H,11H2,1-2H3,(H,24,26). The Morgan fingerprint density at radius 1 is 1.14 bits per heavy atom. The topological polar surface area (TPSA) is 73.6 Å². The molecule has 1 aromatic heterocycles. The molecular weight excluding hydrogens is 389 g/mol. The van der Waals surface area contributed by atoms with Crippen LogP contribution in [0.25, 0.3) is 0 Å². The molecule has 0 atom stereocenters. The molecule has 29 heavy (non-hydrogen) atoms. The third-order valence-corrected chi connectivity index (χ3v) is 4.01. The molecule has 3 rings (SSSR count). The van der Waals surface area contributed by atoms with E-state index in [2.05, 4.69) is 15.2 Å².